The Kier molecular flexibility index (Phi) is 4.12. The van der Waals surface area contributed by atoms with Crippen molar-refractivity contribution in [1.82, 2.24) is 15.5 Å². The van der Waals surface area contributed by atoms with E-state index in [4.69, 9.17) is 0 Å². The van der Waals surface area contributed by atoms with E-state index in [9.17, 15) is 4.79 Å². The van der Waals surface area contributed by atoms with Crippen LogP contribution in [0.5, 0.6) is 0 Å². The third-order valence-electron chi connectivity index (χ3n) is 6.04. The first-order valence-corrected chi connectivity index (χ1v) is 9.04. The first-order valence-electron chi connectivity index (χ1n) is 9.04. The average molecular weight is 313 g/mol. The first-order chi connectivity index (χ1) is 11.3. The fraction of sp³-hybridized carbons (Fsp3) is 0.632. The van der Waals surface area contributed by atoms with Crippen molar-refractivity contribution in [2.75, 3.05) is 32.7 Å². The third kappa shape index (κ3) is 3.15. The van der Waals surface area contributed by atoms with E-state index in [0.29, 0.717) is 11.3 Å². The van der Waals surface area contributed by atoms with Crippen molar-refractivity contribution in [2.24, 2.45) is 11.3 Å². The molecule has 1 spiro atoms. The Balaban J connectivity index is 1.22. The van der Waals surface area contributed by atoms with Gasteiger partial charge in [0.15, 0.2) is 0 Å². The molecule has 2 fully saturated rings. The number of fused-ring (bicyclic) bond motifs is 1. The maximum atomic E-state index is 12.4. The van der Waals surface area contributed by atoms with Crippen molar-refractivity contribution < 1.29 is 4.79 Å². The molecular formula is C19H27N3O. The summed E-state index contributed by atoms with van der Waals surface area (Å²) in [6.45, 7) is 6.03. The van der Waals surface area contributed by atoms with Crippen LogP contribution in [-0.4, -0.2) is 43.5 Å². The number of amides is 1. The molecule has 1 amide bonds. The van der Waals surface area contributed by atoms with E-state index in [1.54, 1.807) is 0 Å². The molecule has 23 heavy (non-hydrogen) atoms. The van der Waals surface area contributed by atoms with Crippen molar-refractivity contribution in [3.8, 4) is 0 Å². The standard InChI is InChI=1S/C19H27N3O/c23-18(17-13-19(17)6-8-20-9-7-19)21-10-12-22-11-5-15-3-1-2-4-16(15)14-22/h1-4,17,20H,5-14H2,(H,21,23). The fourth-order valence-electron chi connectivity index (χ4n) is 4.40. The van der Waals surface area contributed by atoms with E-state index in [0.717, 1.165) is 52.1 Å². The molecule has 1 atom stereocenters. The Morgan fingerprint density at radius 3 is 2.87 bits per heavy atom. The molecule has 1 aromatic carbocycles. The second kappa shape index (κ2) is 6.25. The summed E-state index contributed by atoms with van der Waals surface area (Å²) < 4.78 is 0. The predicted molar refractivity (Wildman–Crippen MR) is 91.1 cm³/mol. The number of benzene rings is 1. The number of carbonyl (C=O) groups is 1. The molecule has 1 saturated carbocycles. The molecule has 1 unspecified atom stereocenters. The summed E-state index contributed by atoms with van der Waals surface area (Å²) >= 11 is 0. The summed E-state index contributed by atoms with van der Waals surface area (Å²) in [6.07, 6.45) is 4.59. The molecule has 1 aromatic rings. The molecule has 2 N–H and O–H groups in total. The number of piperidine rings is 1. The van der Waals surface area contributed by atoms with Crippen LogP contribution in [0.25, 0.3) is 0 Å². The van der Waals surface area contributed by atoms with Crippen molar-refractivity contribution in [1.29, 1.82) is 0 Å². The van der Waals surface area contributed by atoms with Gasteiger partial charge in [-0.1, -0.05) is 24.3 Å². The van der Waals surface area contributed by atoms with Gasteiger partial charge in [0.05, 0.1) is 0 Å². The van der Waals surface area contributed by atoms with E-state index in [1.807, 2.05) is 0 Å². The minimum absolute atomic E-state index is 0.284. The maximum absolute atomic E-state index is 12.4. The zero-order valence-electron chi connectivity index (χ0n) is 13.8. The minimum atomic E-state index is 0.284. The number of hydrogen-bond acceptors (Lipinski definition) is 3. The van der Waals surface area contributed by atoms with Gasteiger partial charge in [-0.25, -0.2) is 0 Å². The van der Waals surface area contributed by atoms with Crippen LogP contribution in [0.4, 0.5) is 0 Å². The Hall–Kier alpha value is -1.39. The Bertz CT molecular complexity index is 580. The largest absolute Gasteiger partial charge is 0.355 e. The van der Waals surface area contributed by atoms with E-state index in [1.165, 1.54) is 24.0 Å². The molecule has 1 aliphatic carbocycles. The van der Waals surface area contributed by atoms with Crippen molar-refractivity contribution in [3.05, 3.63) is 35.4 Å². The molecular weight excluding hydrogens is 286 g/mol. The van der Waals surface area contributed by atoms with Crippen LogP contribution in [0.3, 0.4) is 0 Å². The van der Waals surface area contributed by atoms with Gasteiger partial charge >= 0.3 is 0 Å². The lowest BCUT2D eigenvalue weighted by molar-refractivity contribution is -0.123. The van der Waals surface area contributed by atoms with Crippen molar-refractivity contribution >= 4 is 5.91 Å². The van der Waals surface area contributed by atoms with E-state index in [-0.39, 0.29) is 5.92 Å². The lowest BCUT2D eigenvalue weighted by Crippen LogP contribution is -2.39. The Labute approximate surface area is 138 Å². The Morgan fingerprint density at radius 1 is 1.26 bits per heavy atom. The van der Waals surface area contributed by atoms with Crippen LogP contribution in [0, 0.1) is 11.3 Å². The smallest absolute Gasteiger partial charge is 0.223 e. The molecule has 3 aliphatic rings. The zero-order chi connectivity index (χ0) is 15.7. The topological polar surface area (TPSA) is 44.4 Å². The van der Waals surface area contributed by atoms with Gasteiger partial charge in [-0.3, -0.25) is 9.69 Å². The molecule has 2 heterocycles. The molecule has 124 valence electrons. The highest BCUT2D eigenvalue weighted by atomic mass is 16.2. The zero-order valence-corrected chi connectivity index (χ0v) is 13.8. The minimum Gasteiger partial charge on any atom is -0.355 e. The van der Waals surface area contributed by atoms with Crippen LogP contribution >= 0.6 is 0 Å². The Morgan fingerprint density at radius 2 is 2.04 bits per heavy atom. The summed E-state index contributed by atoms with van der Waals surface area (Å²) in [7, 11) is 0. The predicted octanol–water partition coefficient (Wildman–Crippen LogP) is 1.55. The number of hydrogen-bond donors (Lipinski definition) is 2. The van der Waals surface area contributed by atoms with Gasteiger partial charge in [0, 0.05) is 32.1 Å². The average Bonchev–Trinajstić information content (AvgIpc) is 3.28. The van der Waals surface area contributed by atoms with Gasteiger partial charge in [-0.15, -0.1) is 0 Å². The second-order valence-corrected chi connectivity index (χ2v) is 7.45. The number of rotatable bonds is 4. The van der Waals surface area contributed by atoms with E-state index >= 15 is 0 Å². The highest BCUT2D eigenvalue weighted by Gasteiger charge is 2.57. The van der Waals surface area contributed by atoms with E-state index in [2.05, 4.69) is 39.8 Å². The summed E-state index contributed by atoms with van der Waals surface area (Å²) in [4.78, 5) is 14.8. The normalized spacial score (nSPS) is 25.8. The SMILES string of the molecule is O=C(NCCN1CCc2ccccc2C1)C1CC12CCNCC2. The maximum Gasteiger partial charge on any atom is 0.223 e. The highest BCUT2D eigenvalue weighted by Crippen LogP contribution is 2.58. The van der Waals surface area contributed by atoms with Crippen LogP contribution in [0.2, 0.25) is 0 Å². The second-order valence-electron chi connectivity index (χ2n) is 7.45. The molecule has 0 radical (unpaired) electrons. The first kappa shape index (κ1) is 15.2. The van der Waals surface area contributed by atoms with Gasteiger partial charge < -0.3 is 10.6 Å². The monoisotopic (exact) mass is 313 g/mol. The van der Waals surface area contributed by atoms with Crippen LogP contribution in [0.15, 0.2) is 24.3 Å². The van der Waals surface area contributed by atoms with Gasteiger partial charge in [0.25, 0.3) is 0 Å². The van der Waals surface area contributed by atoms with Gasteiger partial charge in [-0.05, 0) is 55.3 Å². The van der Waals surface area contributed by atoms with Crippen molar-refractivity contribution in [2.45, 2.75) is 32.2 Å². The molecule has 1 saturated heterocycles. The number of nitrogens with one attached hydrogen (secondary N) is 2. The van der Waals surface area contributed by atoms with Gasteiger partial charge in [0.1, 0.15) is 0 Å². The van der Waals surface area contributed by atoms with E-state index < -0.39 is 0 Å². The van der Waals surface area contributed by atoms with Gasteiger partial charge in [-0.2, -0.15) is 0 Å². The highest BCUT2D eigenvalue weighted by molar-refractivity contribution is 5.82. The third-order valence-corrected chi connectivity index (χ3v) is 6.04. The molecule has 0 aromatic heterocycles. The molecule has 0 bridgehead atoms. The molecule has 4 rings (SSSR count). The fourth-order valence-corrected chi connectivity index (χ4v) is 4.40. The van der Waals surface area contributed by atoms with Crippen LogP contribution in [0.1, 0.15) is 30.4 Å². The molecule has 2 aliphatic heterocycles. The van der Waals surface area contributed by atoms with Crippen LogP contribution < -0.4 is 10.6 Å². The summed E-state index contributed by atoms with van der Waals surface area (Å²) in [6, 6.07) is 8.71. The summed E-state index contributed by atoms with van der Waals surface area (Å²) in [5.74, 6) is 0.580. The lowest BCUT2D eigenvalue weighted by atomic mass is 9.92. The summed E-state index contributed by atoms with van der Waals surface area (Å²) in [5.41, 5.74) is 3.28. The molecule has 4 heteroatoms. The number of nitrogens with zero attached hydrogens (tertiary/aromatic N) is 1. The molecule has 4 nitrogen and oxygen atoms in total. The number of carbonyl (C=O) groups excluding carboxylic acids is 1. The van der Waals surface area contributed by atoms with Crippen molar-refractivity contribution in [3.63, 3.8) is 0 Å². The van der Waals surface area contributed by atoms with Gasteiger partial charge in [0.2, 0.25) is 5.91 Å². The lowest BCUT2D eigenvalue weighted by Gasteiger charge is -2.28. The van der Waals surface area contributed by atoms with Crippen LogP contribution in [-0.2, 0) is 17.8 Å². The quantitative estimate of drug-likeness (QED) is 0.886. The summed E-state index contributed by atoms with van der Waals surface area (Å²) in [5, 5.41) is 6.58.